The molecule has 2 aromatic carbocycles. The number of aliphatic hydroxyl groups is 3. The highest BCUT2D eigenvalue weighted by molar-refractivity contribution is 7.93. The number of nitrogens with zero attached hydrogens (tertiary/aromatic N) is 2. The predicted octanol–water partition coefficient (Wildman–Crippen LogP) is 2.66. The lowest BCUT2D eigenvalue weighted by Crippen LogP contribution is -2.63. The zero-order valence-corrected chi connectivity index (χ0v) is 27.4. The van der Waals surface area contributed by atoms with E-state index in [0.717, 1.165) is 11.5 Å². The van der Waals surface area contributed by atoms with Crippen molar-refractivity contribution in [3.05, 3.63) is 80.8 Å². The molecule has 3 aliphatic rings. The van der Waals surface area contributed by atoms with Crippen molar-refractivity contribution < 1.29 is 43.2 Å². The van der Waals surface area contributed by atoms with Crippen LogP contribution in [0.25, 0.3) is 11.1 Å². The number of aromatic hydroxyl groups is 1. The molecule has 1 heterocycles. The standard InChI is InChI=1S/C32H32N4O9S2/c1-13-28(14(2)46-34-13)47(44,45)35-17-7-5-15(6-8-17)18-9-10-21(37)23-19(18)11-16-12-20-25(36(3)4)27(39)24(31(33)42)30(41)32(20,43)29(40)22(16)26(23)38/h5-10,16,20,25,35,37,39-40,43H,11-12H2,1-4H3,(H2,33,42). The van der Waals surface area contributed by atoms with Crippen molar-refractivity contribution in [3.8, 4) is 16.9 Å². The number of benzene rings is 2. The fourth-order valence-electron chi connectivity index (χ4n) is 7.30. The summed E-state index contributed by atoms with van der Waals surface area (Å²) < 4.78 is 32.8. The maximum absolute atomic E-state index is 14.0. The summed E-state index contributed by atoms with van der Waals surface area (Å²) >= 11 is 1.10. The van der Waals surface area contributed by atoms with Gasteiger partial charge in [0.05, 0.1) is 17.3 Å². The number of likely N-dealkylation sites (N-methyl/N-ethyl adjacent to an activating group) is 1. The van der Waals surface area contributed by atoms with Gasteiger partial charge in [0.2, 0.25) is 5.78 Å². The number of anilines is 1. The third-order valence-corrected chi connectivity index (χ3v) is 11.9. The Kier molecular flexibility index (Phi) is 7.58. The number of carbonyl (C=O) groups excluding carboxylic acids is 3. The number of allylic oxidation sites excluding steroid dienone is 1. The maximum atomic E-state index is 14.0. The molecule has 1 aromatic heterocycles. The Morgan fingerprint density at radius 2 is 1.74 bits per heavy atom. The van der Waals surface area contributed by atoms with E-state index in [1.807, 2.05) is 0 Å². The zero-order valence-electron chi connectivity index (χ0n) is 25.7. The Labute approximate surface area is 273 Å². The minimum atomic E-state index is -3.90. The van der Waals surface area contributed by atoms with Gasteiger partial charge in [0.25, 0.3) is 15.9 Å². The highest BCUT2D eigenvalue weighted by Gasteiger charge is 2.63. The Balaban J connectivity index is 1.41. The molecule has 0 saturated heterocycles. The summed E-state index contributed by atoms with van der Waals surface area (Å²) in [6, 6.07) is 8.31. The highest BCUT2D eigenvalue weighted by Crippen LogP contribution is 2.53. The molecule has 0 radical (unpaired) electrons. The Bertz CT molecular complexity index is 2050. The van der Waals surface area contributed by atoms with Crippen molar-refractivity contribution in [2.45, 2.75) is 43.2 Å². The van der Waals surface area contributed by atoms with E-state index in [1.54, 1.807) is 58.3 Å². The summed E-state index contributed by atoms with van der Waals surface area (Å²) in [6.45, 7) is 3.30. The molecule has 13 nitrogen and oxygen atoms in total. The number of aliphatic hydroxyl groups excluding tert-OH is 2. The Morgan fingerprint density at radius 3 is 2.32 bits per heavy atom. The lowest BCUT2D eigenvalue weighted by molar-refractivity contribution is -0.148. The molecular weight excluding hydrogens is 649 g/mol. The van der Waals surface area contributed by atoms with Crippen molar-refractivity contribution in [2.24, 2.45) is 17.6 Å². The number of phenols is 1. The van der Waals surface area contributed by atoms with E-state index < -0.39 is 68.1 Å². The number of hydrogen-bond acceptors (Lipinski definition) is 12. The van der Waals surface area contributed by atoms with E-state index in [4.69, 9.17) is 5.73 Å². The van der Waals surface area contributed by atoms with Crippen molar-refractivity contribution >= 4 is 44.7 Å². The summed E-state index contributed by atoms with van der Waals surface area (Å²) in [5.74, 6) is -7.24. The minimum Gasteiger partial charge on any atom is -0.510 e. The molecule has 246 valence electrons. The van der Waals surface area contributed by atoms with E-state index >= 15 is 0 Å². The van der Waals surface area contributed by atoms with Gasteiger partial charge in [0.1, 0.15) is 27.7 Å². The first kappa shape index (κ1) is 32.4. The number of amides is 1. The van der Waals surface area contributed by atoms with Crippen molar-refractivity contribution in [1.29, 1.82) is 0 Å². The van der Waals surface area contributed by atoms with Crippen LogP contribution < -0.4 is 10.5 Å². The number of nitrogens with one attached hydrogen (secondary N) is 1. The molecule has 47 heavy (non-hydrogen) atoms. The number of Topliss-reactive ketones (excluding diaryl/α,β-unsaturated/α-hetero) is 2. The van der Waals surface area contributed by atoms with Gasteiger partial charge < -0.3 is 26.2 Å². The normalized spacial score (nSPS) is 24.3. The van der Waals surface area contributed by atoms with Crippen LogP contribution in [0.4, 0.5) is 5.69 Å². The van der Waals surface area contributed by atoms with Crippen LogP contribution in [0.2, 0.25) is 0 Å². The number of fused-ring (bicyclic) bond motifs is 3. The van der Waals surface area contributed by atoms with Crippen molar-refractivity contribution in [3.63, 3.8) is 0 Å². The van der Waals surface area contributed by atoms with Crippen molar-refractivity contribution in [2.75, 3.05) is 18.8 Å². The third-order valence-electron chi connectivity index (χ3n) is 9.29. The molecule has 3 aromatic rings. The molecule has 4 atom stereocenters. The molecule has 3 aliphatic carbocycles. The molecule has 4 unspecified atom stereocenters. The van der Waals surface area contributed by atoms with Gasteiger partial charge in [-0.1, -0.05) is 18.2 Å². The van der Waals surface area contributed by atoms with Gasteiger partial charge in [-0.25, -0.2) is 8.42 Å². The number of nitrogens with two attached hydrogens (primary N) is 1. The largest absolute Gasteiger partial charge is 0.510 e. The topological polar surface area (TPSA) is 220 Å². The van der Waals surface area contributed by atoms with Gasteiger partial charge in [0, 0.05) is 22.1 Å². The number of aromatic nitrogens is 1. The average Bonchev–Trinajstić information content (AvgIpc) is 3.33. The monoisotopic (exact) mass is 680 g/mol. The van der Waals surface area contributed by atoms with Crippen LogP contribution in [0, 0.1) is 25.7 Å². The smallest absolute Gasteiger partial charge is 0.264 e. The Morgan fingerprint density at radius 1 is 1.09 bits per heavy atom. The molecule has 0 saturated carbocycles. The molecule has 0 aliphatic heterocycles. The molecule has 6 rings (SSSR count). The van der Waals surface area contributed by atoms with Crippen LogP contribution in [0.1, 0.15) is 32.9 Å². The van der Waals surface area contributed by atoms with E-state index in [-0.39, 0.29) is 34.6 Å². The van der Waals surface area contributed by atoms with Crippen LogP contribution in [0.15, 0.2) is 64.0 Å². The van der Waals surface area contributed by atoms with Crippen LogP contribution >= 0.6 is 11.5 Å². The summed E-state index contributed by atoms with van der Waals surface area (Å²) in [5, 5.41) is 45.1. The fraction of sp³-hybridized carbons (Fsp3) is 0.312. The SMILES string of the molecule is Cc1nsc(C)c1S(=O)(=O)Nc1ccc(-c2ccc(O)c3c2CC2CC4C(N(C)C)C(O)=C(C(N)=O)C(=O)C4(O)C(O)=C2C3=O)cc1. The molecule has 15 heteroatoms. The van der Waals surface area contributed by atoms with Crippen LogP contribution in [-0.4, -0.2) is 81.3 Å². The lowest BCUT2D eigenvalue weighted by atomic mass is 9.58. The summed E-state index contributed by atoms with van der Waals surface area (Å²) in [4.78, 5) is 41.8. The second-order valence-corrected chi connectivity index (χ2v) is 14.9. The van der Waals surface area contributed by atoms with Gasteiger partial charge in [-0.2, -0.15) is 4.37 Å². The lowest BCUT2D eigenvalue weighted by Gasteiger charge is -2.50. The number of rotatable bonds is 6. The number of primary amides is 1. The number of sulfonamides is 1. The molecule has 7 N–H and O–H groups in total. The summed E-state index contributed by atoms with van der Waals surface area (Å²) in [5.41, 5.74) is 3.73. The van der Waals surface area contributed by atoms with Crippen molar-refractivity contribution in [1.82, 2.24) is 9.27 Å². The Hall–Kier alpha value is -4.57. The summed E-state index contributed by atoms with van der Waals surface area (Å²) in [6.07, 6.45) is 0.0637. The average molecular weight is 681 g/mol. The van der Waals surface area contributed by atoms with Gasteiger partial charge in [-0.15, -0.1) is 0 Å². The highest BCUT2D eigenvalue weighted by atomic mass is 32.2. The van der Waals surface area contributed by atoms with E-state index in [9.17, 15) is 43.2 Å². The number of ketones is 2. The van der Waals surface area contributed by atoms with E-state index in [1.165, 1.54) is 11.0 Å². The predicted molar refractivity (Wildman–Crippen MR) is 172 cm³/mol. The maximum Gasteiger partial charge on any atom is 0.264 e. The van der Waals surface area contributed by atoms with Crippen LogP contribution in [-0.2, 0) is 26.0 Å². The number of phenolic OH excluding ortho intramolecular Hbond substituents is 1. The minimum absolute atomic E-state index is 0.0438. The van der Waals surface area contributed by atoms with Gasteiger partial charge in [-0.05, 0) is 93.1 Å². The van der Waals surface area contributed by atoms with E-state index in [0.29, 0.717) is 32.9 Å². The second kappa shape index (κ2) is 11.0. The van der Waals surface area contributed by atoms with Gasteiger partial charge in [0.15, 0.2) is 11.4 Å². The number of hydrogen-bond donors (Lipinski definition) is 6. The number of aryl methyl sites for hydroxylation is 2. The van der Waals surface area contributed by atoms with Crippen LogP contribution in [0.3, 0.4) is 0 Å². The summed E-state index contributed by atoms with van der Waals surface area (Å²) in [7, 11) is -0.775. The third kappa shape index (κ3) is 4.75. The first-order valence-electron chi connectivity index (χ1n) is 14.6. The quantitative estimate of drug-likeness (QED) is 0.208. The second-order valence-electron chi connectivity index (χ2n) is 12.3. The fourth-order valence-corrected chi connectivity index (χ4v) is 9.76. The first-order valence-corrected chi connectivity index (χ1v) is 16.8. The van der Waals surface area contributed by atoms with Crippen LogP contribution in [0.5, 0.6) is 5.75 Å². The first-order chi connectivity index (χ1) is 22.0. The van der Waals surface area contributed by atoms with Gasteiger partial charge >= 0.3 is 0 Å². The molecular formula is C32H32N4O9S2. The number of carbonyl (C=O) groups is 3. The van der Waals surface area contributed by atoms with E-state index in [2.05, 4.69) is 9.10 Å². The molecule has 0 spiro atoms. The molecule has 0 fully saturated rings. The molecule has 1 amide bonds. The zero-order chi connectivity index (χ0) is 34.3. The molecule has 0 bridgehead atoms. The van der Waals surface area contributed by atoms with Gasteiger partial charge in [-0.3, -0.25) is 24.0 Å².